The molecule has 0 saturated heterocycles. The number of carbonyl (C=O) groups is 1. The largest absolute Gasteiger partial charge is 0.466 e. The molecule has 0 aliphatic rings. The van der Waals surface area contributed by atoms with Crippen molar-refractivity contribution >= 4 is 5.97 Å². The van der Waals surface area contributed by atoms with Crippen molar-refractivity contribution in [2.75, 3.05) is 40.1 Å². The molecule has 0 aliphatic heterocycles. The summed E-state index contributed by atoms with van der Waals surface area (Å²) in [6.07, 6.45) is 42.2. The van der Waals surface area contributed by atoms with Crippen LogP contribution < -0.4 is 0 Å². The van der Waals surface area contributed by atoms with Gasteiger partial charge in [-0.3, -0.25) is 4.79 Å². The first-order valence-corrected chi connectivity index (χ1v) is 22.2. The molecule has 0 radical (unpaired) electrons. The van der Waals surface area contributed by atoms with Crippen LogP contribution >= 0.6 is 0 Å². The minimum absolute atomic E-state index is 0.00482. The maximum absolute atomic E-state index is 11.8. The van der Waals surface area contributed by atoms with Crippen molar-refractivity contribution in [3.05, 3.63) is 0 Å². The first-order valence-electron chi connectivity index (χ1n) is 22.2. The molecule has 0 atom stereocenters. The van der Waals surface area contributed by atoms with E-state index < -0.39 is 0 Å². The maximum Gasteiger partial charge on any atom is 0.305 e. The van der Waals surface area contributed by atoms with Gasteiger partial charge in [-0.15, -0.1) is 0 Å². The van der Waals surface area contributed by atoms with Gasteiger partial charge >= 0.3 is 5.97 Å². The molecule has 0 heterocycles. The summed E-state index contributed by atoms with van der Waals surface area (Å²) in [5.41, 5.74) is 0. The first kappa shape index (κ1) is 48.3. The van der Waals surface area contributed by atoms with Crippen LogP contribution in [-0.4, -0.2) is 57.1 Å². The summed E-state index contributed by atoms with van der Waals surface area (Å²) in [6, 6.07) is 0. The Kier molecular flexibility index (Phi) is 41.2. The minimum atomic E-state index is 0.00482. The van der Waals surface area contributed by atoms with Crippen molar-refractivity contribution in [3.63, 3.8) is 0 Å². The quantitative estimate of drug-likeness (QED) is 0.0361. The fourth-order valence-corrected chi connectivity index (χ4v) is 6.72. The van der Waals surface area contributed by atoms with Gasteiger partial charge in [-0.2, -0.15) is 0 Å². The number of hydrogen-bond acceptors (Lipinski definition) is 5. The van der Waals surface area contributed by atoms with Crippen LogP contribution in [0.25, 0.3) is 0 Å². The summed E-state index contributed by atoms with van der Waals surface area (Å²) in [4.78, 5) is 14.4. The Morgan fingerprint density at radius 3 is 1.35 bits per heavy atom. The van der Waals surface area contributed by atoms with Crippen LogP contribution in [0.4, 0.5) is 0 Å². The van der Waals surface area contributed by atoms with Crippen molar-refractivity contribution in [1.82, 2.24) is 4.90 Å². The lowest BCUT2D eigenvalue weighted by atomic mass is 10.0. The monoisotopic (exact) mass is 696 g/mol. The Balaban J connectivity index is 3.57. The van der Waals surface area contributed by atoms with Crippen LogP contribution in [0.15, 0.2) is 0 Å². The molecule has 294 valence electrons. The van der Waals surface area contributed by atoms with E-state index in [9.17, 15) is 4.79 Å². The van der Waals surface area contributed by atoms with E-state index in [4.69, 9.17) is 14.2 Å². The normalized spacial score (nSPS) is 11.7. The molecule has 5 heteroatoms. The average Bonchev–Trinajstić information content (AvgIpc) is 3.10. The summed E-state index contributed by atoms with van der Waals surface area (Å²) in [5, 5.41) is 0. The highest BCUT2D eigenvalue weighted by Crippen LogP contribution is 2.17. The van der Waals surface area contributed by atoms with Crippen LogP contribution in [0, 0.1) is 0 Å². The van der Waals surface area contributed by atoms with Gasteiger partial charge in [0.15, 0.2) is 0 Å². The van der Waals surface area contributed by atoms with Crippen LogP contribution in [0.1, 0.15) is 233 Å². The van der Waals surface area contributed by atoms with Gasteiger partial charge in [0.05, 0.1) is 12.7 Å². The van der Waals surface area contributed by atoms with Crippen molar-refractivity contribution in [2.24, 2.45) is 0 Å². The number of ether oxygens (including phenoxy) is 3. The molecular formula is C44H89NO4. The lowest BCUT2D eigenvalue weighted by molar-refractivity contribution is -0.143. The highest BCUT2D eigenvalue weighted by molar-refractivity contribution is 5.69. The van der Waals surface area contributed by atoms with Gasteiger partial charge in [0.25, 0.3) is 0 Å². The lowest BCUT2D eigenvalue weighted by Crippen LogP contribution is -2.20. The Bertz CT molecular complexity index is 614. The second-order valence-corrected chi connectivity index (χ2v) is 15.2. The zero-order chi connectivity index (χ0) is 35.7. The van der Waals surface area contributed by atoms with E-state index in [1.165, 1.54) is 193 Å². The number of carbonyl (C=O) groups excluding carboxylic acids is 1. The standard InChI is InChI=1S/C44H89NO4/c1-5-8-11-14-21-28-35-43(36-29-22-15-12-9-6-2)49-42-47-40-33-27-20-19-25-32-39-45(4)38-31-24-18-16-17-23-30-37-44(46)48-41-34-26-13-10-7-3/h43H,5-42H2,1-4H3. The highest BCUT2D eigenvalue weighted by atomic mass is 16.7. The van der Waals surface area contributed by atoms with Gasteiger partial charge < -0.3 is 19.1 Å². The summed E-state index contributed by atoms with van der Waals surface area (Å²) in [6.45, 7) is 11.2. The summed E-state index contributed by atoms with van der Waals surface area (Å²) >= 11 is 0. The van der Waals surface area contributed by atoms with Gasteiger partial charge in [-0.25, -0.2) is 0 Å². The minimum Gasteiger partial charge on any atom is -0.466 e. The van der Waals surface area contributed by atoms with Crippen LogP contribution in [0.3, 0.4) is 0 Å². The van der Waals surface area contributed by atoms with Crippen LogP contribution in [0.5, 0.6) is 0 Å². The summed E-state index contributed by atoms with van der Waals surface area (Å²) in [5.74, 6) is 0.00482. The third-order valence-electron chi connectivity index (χ3n) is 10.2. The second-order valence-electron chi connectivity index (χ2n) is 15.2. The number of rotatable bonds is 42. The predicted octanol–water partition coefficient (Wildman–Crippen LogP) is 13.8. The molecule has 0 aromatic heterocycles. The second kappa shape index (κ2) is 41.8. The van der Waals surface area contributed by atoms with Crippen molar-refractivity contribution in [2.45, 2.75) is 239 Å². The first-order chi connectivity index (χ1) is 24.1. The average molecular weight is 696 g/mol. The van der Waals surface area contributed by atoms with Gasteiger partial charge in [0, 0.05) is 13.0 Å². The Hall–Kier alpha value is -0.650. The zero-order valence-corrected chi connectivity index (χ0v) is 34.0. The van der Waals surface area contributed by atoms with E-state index in [2.05, 4.69) is 32.7 Å². The van der Waals surface area contributed by atoms with Gasteiger partial charge in [0.2, 0.25) is 0 Å². The lowest BCUT2D eigenvalue weighted by Gasteiger charge is -2.18. The van der Waals surface area contributed by atoms with Crippen LogP contribution in [0.2, 0.25) is 0 Å². The molecule has 49 heavy (non-hydrogen) atoms. The van der Waals surface area contributed by atoms with E-state index >= 15 is 0 Å². The molecule has 0 amide bonds. The molecule has 0 fully saturated rings. The van der Waals surface area contributed by atoms with Gasteiger partial charge in [-0.1, -0.05) is 181 Å². The van der Waals surface area contributed by atoms with E-state index in [1.807, 2.05) is 0 Å². The molecule has 0 spiro atoms. The SMILES string of the molecule is CCCCCCCCC(CCCCCCCC)OCOCCCCCCCCN(C)CCCCCCCCCC(=O)OCCCCCCC. The van der Waals surface area contributed by atoms with Crippen LogP contribution in [-0.2, 0) is 19.0 Å². The Morgan fingerprint density at radius 2 is 0.857 bits per heavy atom. The molecule has 0 aromatic carbocycles. The molecule has 0 bridgehead atoms. The number of nitrogens with zero attached hydrogens (tertiary/aromatic N) is 1. The predicted molar refractivity (Wildman–Crippen MR) is 214 cm³/mol. The van der Waals surface area contributed by atoms with E-state index in [1.54, 1.807) is 0 Å². The fraction of sp³-hybridized carbons (Fsp3) is 0.977. The molecule has 0 unspecified atom stereocenters. The Morgan fingerprint density at radius 1 is 0.469 bits per heavy atom. The molecule has 0 rings (SSSR count). The smallest absolute Gasteiger partial charge is 0.305 e. The zero-order valence-electron chi connectivity index (χ0n) is 34.0. The fourth-order valence-electron chi connectivity index (χ4n) is 6.72. The third kappa shape index (κ3) is 40.0. The van der Waals surface area contributed by atoms with E-state index in [0.29, 0.717) is 25.9 Å². The summed E-state index contributed by atoms with van der Waals surface area (Å²) in [7, 11) is 2.29. The van der Waals surface area contributed by atoms with Gasteiger partial charge in [-0.05, 0) is 65.1 Å². The van der Waals surface area contributed by atoms with Gasteiger partial charge in [0.1, 0.15) is 6.79 Å². The summed E-state index contributed by atoms with van der Waals surface area (Å²) < 4.78 is 17.5. The van der Waals surface area contributed by atoms with Crippen molar-refractivity contribution in [3.8, 4) is 0 Å². The number of hydrogen-bond donors (Lipinski definition) is 0. The number of esters is 1. The third-order valence-corrected chi connectivity index (χ3v) is 10.2. The molecule has 0 aromatic rings. The van der Waals surface area contributed by atoms with Crippen molar-refractivity contribution in [1.29, 1.82) is 0 Å². The molecule has 0 N–H and O–H groups in total. The molecular weight excluding hydrogens is 606 g/mol. The Labute approximate surface area is 308 Å². The molecule has 5 nitrogen and oxygen atoms in total. The van der Waals surface area contributed by atoms with E-state index in [-0.39, 0.29) is 5.97 Å². The maximum atomic E-state index is 11.8. The molecule has 0 saturated carbocycles. The highest BCUT2D eigenvalue weighted by Gasteiger charge is 2.09. The van der Waals surface area contributed by atoms with Crippen molar-refractivity contribution < 1.29 is 19.0 Å². The topological polar surface area (TPSA) is 48.0 Å². The number of unbranched alkanes of at least 4 members (excludes halogenated alkanes) is 25. The van der Waals surface area contributed by atoms with E-state index in [0.717, 1.165) is 32.3 Å². The molecule has 0 aliphatic carbocycles.